The van der Waals surface area contributed by atoms with Crippen LogP contribution in [0.4, 0.5) is 0 Å². The zero-order chi connectivity index (χ0) is 14.8. The Bertz CT molecular complexity index is 566. The number of benzene rings is 1. The molecule has 1 aliphatic carbocycles. The fourth-order valence-electron chi connectivity index (χ4n) is 2.84. The van der Waals surface area contributed by atoms with Crippen LogP contribution in [0.2, 0.25) is 10.0 Å². The van der Waals surface area contributed by atoms with Gasteiger partial charge in [0.2, 0.25) is 0 Å². The Morgan fingerprint density at radius 3 is 2.50 bits per heavy atom. The summed E-state index contributed by atoms with van der Waals surface area (Å²) in [4.78, 5) is 0. The molecule has 1 saturated carbocycles. The van der Waals surface area contributed by atoms with Crippen LogP contribution in [-0.4, -0.2) is 21.3 Å². The van der Waals surface area contributed by atoms with Gasteiger partial charge in [0.05, 0.1) is 12.9 Å². The molecule has 1 aromatic rings. The lowest BCUT2D eigenvalue weighted by Crippen LogP contribution is -2.19. The Hall–Kier alpha value is -0.290. The third kappa shape index (κ3) is 4.35. The molecule has 1 unspecified atom stereocenters. The van der Waals surface area contributed by atoms with Crippen LogP contribution in [0.1, 0.15) is 37.2 Å². The Morgan fingerprint density at radius 2 is 1.95 bits per heavy atom. The SMILES string of the molecule is CS(=O)(=O)OCC(c1ccc(Cl)cc1Cl)C1CCCC1. The predicted molar refractivity (Wildman–Crippen MR) is 82.0 cm³/mol. The zero-order valence-corrected chi connectivity index (χ0v) is 13.6. The van der Waals surface area contributed by atoms with Gasteiger partial charge >= 0.3 is 0 Å². The number of hydrogen-bond donors (Lipinski definition) is 0. The summed E-state index contributed by atoms with van der Waals surface area (Å²) in [5.41, 5.74) is 0.923. The Balaban J connectivity index is 2.25. The van der Waals surface area contributed by atoms with Crippen LogP contribution in [-0.2, 0) is 14.3 Å². The van der Waals surface area contributed by atoms with Gasteiger partial charge in [-0.05, 0) is 36.5 Å². The first-order chi connectivity index (χ1) is 9.37. The Labute approximate surface area is 130 Å². The largest absolute Gasteiger partial charge is 0.270 e. The summed E-state index contributed by atoms with van der Waals surface area (Å²) < 4.78 is 27.5. The highest BCUT2D eigenvalue weighted by molar-refractivity contribution is 7.85. The van der Waals surface area contributed by atoms with Crippen molar-refractivity contribution < 1.29 is 12.6 Å². The average Bonchev–Trinajstić information content (AvgIpc) is 2.84. The summed E-state index contributed by atoms with van der Waals surface area (Å²) in [5.74, 6) is 0.410. The van der Waals surface area contributed by atoms with Crippen molar-refractivity contribution in [2.75, 3.05) is 12.9 Å². The summed E-state index contributed by atoms with van der Waals surface area (Å²) in [6.07, 6.45) is 5.58. The number of rotatable bonds is 5. The minimum atomic E-state index is -3.45. The summed E-state index contributed by atoms with van der Waals surface area (Å²) in [6, 6.07) is 5.35. The lowest BCUT2D eigenvalue weighted by atomic mass is 9.85. The molecule has 1 fully saturated rings. The lowest BCUT2D eigenvalue weighted by molar-refractivity contribution is 0.252. The van der Waals surface area contributed by atoms with Crippen molar-refractivity contribution in [1.29, 1.82) is 0 Å². The second kappa shape index (κ2) is 6.65. The van der Waals surface area contributed by atoms with Crippen molar-refractivity contribution in [3.8, 4) is 0 Å². The second-order valence-electron chi connectivity index (χ2n) is 5.31. The molecule has 1 aliphatic rings. The molecule has 20 heavy (non-hydrogen) atoms. The molecule has 6 heteroatoms. The highest BCUT2D eigenvalue weighted by atomic mass is 35.5. The van der Waals surface area contributed by atoms with Crippen LogP contribution < -0.4 is 0 Å². The highest BCUT2D eigenvalue weighted by Crippen LogP contribution is 2.40. The van der Waals surface area contributed by atoms with Gasteiger partial charge in [-0.3, -0.25) is 4.18 Å². The van der Waals surface area contributed by atoms with E-state index < -0.39 is 10.1 Å². The lowest BCUT2D eigenvalue weighted by Gasteiger charge is -2.24. The molecule has 1 atom stereocenters. The summed E-state index contributed by atoms with van der Waals surface area (Å²) in [6.45, 7) is 0.144. The molecule has 0 aromatic heterocycles. The van der Waals surface area contributed by atoms with Gasteiger partial charge in [-0.25, -0.2) is 0 Å². The van der Waals surface area contributed by atoms with Crippen molar-refractivity contribution in [3.05, 3.63) is 33.8 Å². The Morgan fingerprint density at radius 1 is 1.30 bits per heavy atom. The first-order valence-electron chi connectivity index (χ1n) is 6.66. The summed E-state index contributed by atoms with van der Waals surface area (Å²) in [7, 11) is -3.45. The highest BCUT2D eigenvalue weighted by Gasteiger charge is 2.29. The molecule has 0 bridgehead atoms. The smallest absolute Gasteiger partial charge is 0.264 e. The van der Waals surface area contributed by atoms with Gasteiger partial charge in [-0.1, -0.05) is 42.1 Å². The van der Waals surface area contributed by atoms with Crippen molar-refractivity contribution >= 4 is 33.3 Å². The summed E-state index contributed by atoms with van der Waals surface area (Å²) in [5, 5.41) is 1.15. The molecule has 112 valence electrons. The van der Waals surface area contributed by atoms with Gasteiger partial charge in [0.25, 0.3) is 10.1 Å². The molecular formula is C14H18Cl2O3S. The topological polar surface area (TPSA) is 43.4 Å². The third-order valence-corrected chi connectivity index (χ3v) is 4.92. The molecule has 0 amide bonds. The molecular weight excluding hydrogens is 319 g/mol. The molecule has 0 heterocycles. The van der Waals surface area contributed by atoms with Crippen LogP contribution in [0, 0.1) is 5.92 Å². The van der Waals surface area contributed by atoms with Gasteiger partial charge in [0.1, 0.15) is 0 Å². The first kappa shape index (κ1) is 16.1. The maximum absolute atomic E-state index is 11.2. The standard InChI is InChI=1S/C14H18Cl2O3S/c1-20(17,18)19-9-13(10-4-2-3-5-10)12-7-6-11(15)8-14(12)16/h6-8,10,13H,2-5,9H2,1H3. The van der Waals surface area contributed by atoms with E-state index in [1.165, 1.54) is 12.8 Å². The van der Waals surface area contributed by atoms with Crippen molar-refractivity contribution in [1.82, 2.24) is 0 Å². The number of hydrogen-bond acceptors (Lipinski definition) is 3. The van der Waals surface area contributed by atoms with E-state index in [0.29, 0.717) is 16.0 Å². The van der Waals surface area contributed by atoms with Gasteiger partial charge in [0.15, 0.2) is 0 Å². The molecule has 2 rings (SSSR count). The monoisotopic (exact) mass is 336 g/mol. The van der Waals surface area contributed by atoms with E-state index in [-0.39, 0.29) is 12.5 Å². The van der Waals surface area contributed by atoms with Gasteiger partial charge < -0.3 is 0 Å². The molecule has 0 radical (unpaired) electrons. The van der Waals surface area contributed by atoms with Gasteiger partial charge in [0, 0.05) is 16.0 Å². The van der Waals surface area contributed by atoms with E-state index in [1.807, 2.05) is 6.07 Å². The van der Waals surface area contributed by atoms with E-state index in [0.717, 1.165) is 24.7 Å². The van der Waals surface area contributed by atoms with Crippen molar-refractivity contribution in [2.45, 2.75) is 31.6 Å². The fourth-order valence-corrected chi connectivity index (χ4v) is 3.78. The van der Waals surface area contributed by atoms with E-state index in [4.69, 9.17) is 27.4 Å². The zero-order valence-electron chi connectivity index (χ0n) is 11.3. The molecule has 0 aliphatic heterocycles. The molecule has 0 N–H and O–H groups in total. The minimum Gasteiger partial charge on any atom is -0.270 e. The van der Waals surface area contributed by atoms with Gasteiger partial charge in [-0.15, -0.1) is 0 Å². The summed E-state index contributed by atoms with van der Waals surface area (Å²) >= 11 is 12.2. The van der Waals surface area contributed by atoms with Crippen LogP contribution >= 0.6 is 23.2 Å². The quantitative estimate of drug-likeness (QED) is 0.755. The third-order valence-electron chi connectivity index (χ3n) is 3.79. The maximum atomic E-state index is 11.2. The molecule has 3 nitrogen and oxygen atoms in total. The normalized spacial score (nSPS) is 18.4. The second-order valence-corrected chi connectivity index (χ2v) is 7.79. The van der Waals surface area contributed by atoms with Crippen LogP contribution in [0.25, 0.3) is 0 Å². The average molecular weight is 337 g/mol. The van der Waals surface area contributed by atoms with E-state index >= 15 is 0 Å². The van der Waals surface area contributed by atoms with E-state index in [9.17, 15) is 8.42 Å². The maximum Gasteiger partial charge on any atom is 0.264 e. The van der Waals surface area contributed by atoms with Crippen molar-refractivity contribution in [2.24, 2.45) is 5.92 Å². The van der Waals surface area contributed by atoms with Gasteiger partial charge in [-0.2, -0.15) is 8.42 Å². The van der Waals surface area contributed by atoms with Crippen LogP contribution in [0.15, 0.2) is 18.2 Å². The first-order valence-corrected chi connectivity index (χ1v) is 9.23. The van der Waals surface area contributed by atoms with Crippen LogP contribution in [0.5, 0.6) is 0 Å². The molecule has 1 aromatic carbocycles. The molecule has 0 spiro atoms. The predicted octanol–water partition coefficient (Wildman–Crippen LogP) is 4.24. The molecule has 0 saturated heterocycles. The minimum absolute atomic E-state index is 0.00279. The van der Waals surface area contributed by atoms with E-state index in [2.05, 4.69) is 0 Å². The Kier molecular flexibility index (Phi) is 5.35. The number of halogens is 2. The van der Waals surface area contributed by atoms with Crippen LogP contribution in [0.3, 0.4) is 0 Å². The van der Waals surface area contributed by atoms with Crippen molar-refractivity contribution in [3.63, 3.8) is 0 Å². The van der Waals surface area contributed by atoms with E-state index in [1.54, 1.807) is 12.1 Å². The fraction of sp³-hybridized carbons (Fsp3) is 0.571.